The molecule has 1 aliphatic carbocycles. The molecule has 0 amide bonds. The van der Waals surface area contributed by atoms with Crippen molar-refractivity contribution in [3.05, 3.63) is 26.4 Å². The Labute approximate surface area is 135 Å². The van der Waals surface area contributed by atoms with Crippen LogP contribution in [0.1, 0.15) is 32.8 Å². The van der Waals surface area contributed by atoms with Crippen molar-refractivity contribution < 1.29 is 4.74 Å². The summed E-state index contributed by atoms with van der Waals surface area (Å²) in [5.41, 5.74) is -1.13. The summed E-state index contributed by atoms with van der Waals surface area (Å²) in [7, 11) is 4.79. The molecule has 1 saturated carbocycles. The van der Waals surface area contributed by atoms with Gasteiger partial charge in [-0.3, -0.25) is 13.9 Å². The van der Waals surface area contributed by atoms with E-state index in [1.807, 2.05) is 24.9 Å². The van der Waals surface area contributed by atoms with Gasteiger partial charge in [0.05, 0.1) is 6.10 Å². The van der Waals surface area contributed by atoms with E-state index in [4.69, 9.17) is 4.74 Å². The van der Waals surface area contributed by atoms with Crippen LogP contribution < -0.4 is 16.1 Å². The first-order valence-corrected chi connectivity index (χ1v) is 7.73. The lowest BCUT2D eigenvalue weighted by Crippen LogP contribution is -2.62. The molecule has 0 aromatic carbocycles. The molecule has 0 saturated heterocycles. The fourth-order valence-corrected chi connectivity index (χ4v) is 3.50. The molecule has 1 aromatic heterocycles. The smallest absolute Gasteiger partial charge is 0.332 e. The van der Waals surface area contributed by atoms with Gasteiger partial charge >= 0.3 is 5.69 Å². The predicted octanol–water partition coefficient (Wildman–Crippen LogP) is 0.595. The van der Waals surface area contributed by atoms with E-state index in [9.17, 15) is 14.9 Å². The maximum absolute atomic E-state index is 12.2. The van der Waals surface area contributed by atoms with E-state index in [1.54, 1.807) is 7.05 Å². The Hall–Kier alpha value is -2.07. The normalized spacial score (nSPS) is 22.3. The van der Waals surface area contributed by atoms with Crippen molar-refractivity contribution in [1.29, 1.82) is 5.26 Å². The molecule has 1 heterocycles. The predicted molar refractivity (Wildman–Crippen MR) is 87.6 cm³/mol. The highest BCUT2D eigenvalue weighted by Crippen LogP contribution is 2.46. The van der Waals surface area contributed by atoms with Gasteiger partial charge in [-0.1, -0.05) is 13.8 Å². The molecule has 7 heteroatoms. The summed E-state index contributed by atoms with van der Waals surface area (Å²) in [4.78, 5) is 26.3. The van der Waals surface area contributed by atoms with Crippen LogP contribution in [0.5, 0.6) is 0 Å². The molecular formula is C16H24N4O3. The molecule has 2 atom stereocenters. The zero-order valence-corrected chi connectivity index (χ0v) is 14.6. The Morgan fingerprint density at radius 3 is 2.43 bits per heavy atom. The summed E-state index contributed by atoms with van der Waals surface area (Å²) >= 11 is 0. The van der Waals surface area contributed by atoms with Gasteiger partial charge in [0.2, 0.25) is 0 Å². The maximum Gasteiger partial charge on any atom is 0.332 e. The Morgan fingerprint density at radius 2 is 1.96 bits per heavy atom. The molecule has 2 rings (SSSR count). The highest BCUT2D eigenvalue weighted by molar-refractivity contribution is 5.54. The number of ether oxygens (including phenoxy) is 1. The number of hydrogen-bond donors (Lipinski definition) is 0. The summed E-state index contributed by atoms with van der Waals surface area (Å²) in [5, 5.41) is 9.40. The standard InChI is InChI=1S/C16H24N4O3/c1-7-23-12-8-11(16(12,2)3)18(4)13-10(9-17)14(21)20(6)15(22)19(13)5/h11-12H,7-8H2,1-6H3/t11-,12+/m1/s1. The molecule has 0 radical (unpaired) electrons. The molecular weight excluding hydrogens is 296 g/mol. The minimum absolute atomic E-state index is 0.00670. The van der Waals surface area contributed by atoms with Gasteiger partial charge in [-0.2, -0.15) is 5.26 Å². The zero-order valence-electron chi connectivity index (χ0n) is 14.6. The van der Waals surface area contributed by atoms with E-state index < -0.39 is 11.2 Å². The van der Waals surface area contributed by atoms with Crippen molar-refractivity contribution in [2.75, 3.05) is 18.6 Å². The van der Waals surface area contributed by atoms with Gasteiger partial charge in [0.25, 0.3) is 5.56 Å². The minimum atomic E-state index is -0.559. The third kappa shape index (κ3) is 2.47. The molecule has 7 nitrogen and oxygen atoms in total. The van der Waals surface area contributed by atoms with E-state index in [2.05, 4.69) is 13.8 Å². The van der Waals surface area contributed by atoms with Crippen LogP contribution in [0.25, 0.3) is 0 Å². The Bertz CT molecular complexity index is 769. The van der Waals surface area contributed by atoms with Gasteiger partial charge < -0.3 is 9.64 Å². The zero-order chi connectivity index (χ0) is 17.5. The lowest BCUT2D eigenvalue weighted by Gasteiger charge is -2.55. The Balaban J connectivity index is 2.50. The number of anilines is 1. The van der Waals surface area contributed by atoms with E-state index in [0.717, 1.165) is 11.0 Å². The number of rotatable bonds is 4. The fraction of sp³-hybridized carbons (Fsp3) is 0.688. The molecule has 0 spiro atoms. The van der Waals surface area contributed by atoms with E-state index >= 15 is 0 Å². The first-order valence-electron chi connectivity index (χ1n) is 7.73. The number of hydrogen-bond acceptors (Lipinski definition) is 5. The van der Waals surface area contributed by atoms with Crippen LogP contribution in [-0.2, 0) is 18.8 Å². The van der Waals surface area contributed by atoms with Crippen molar-refractivity contribution in [2.24, 2.45) is 19.5 Å². The lowest BCUT2D eigenvalue weighted by atomic mass is 9.63. The molecule has 0 unspecified atom stereocenters. The first kappa shape index (κ1) is 17.3. The van der Waals surface area contributed by atoms with E-state index in [0.29, 0.717) is 12.4 Å². The molecule has 0 bridgehead atoms. The molecule has 1 aromatic rings. The van der Waals surface area contributed by atoms with Crippen molar-refractivity contribution in [3.63, 3.8) is 0 Å². The third-order valence-electron chi connectivity index (χ3n) is 5.04. The van der Waals surface area contributed by atoms with Crippen LogP contribution in [-0.4, -0.2) is 34.9 Å². The fourth-order valence-electron chi connectivity index (χ4n) is 3.50. The second-order valence-electron chi connectivity index (χ2n) is 6.64. The van der Waals surface area contributed by atoms with Crippen LogP contribution in [0.3, 0.4) is 0 Å². The highest BCUT2D eigenvalue weighted by atomic mass is 16.5. The van der Waals surface area contributed by atoms with Crippen molar-refractivity contribution in [2.45, 2.75) is 39.3 Å². The second kappa shape index (κ2) is 5.85. The van der Waals surface area contributed by atoms with Gasteiger partial charge in [0.1, 0.15) is 11.9 Å². The molecule has 1 aliphatic rings. The van der Waals surface area contributed by atoms with Crippen LogP contribution in [0.4, 0.5) is 5.82 Å². The number of aromatic nitrogens is 2. The molecule has 1 fully saturated rings. The Kier molecular flexibility index (Phi) is 4.40. The maximum atomic E-state index is 12.2. The third-order valence-corrected chi connectivity index (χ3v) is 5.04. The van der Waals surface area contributed by atoms with Crippen LogP contribution in [0.2, 0.25) is 0 Å². The molecule has 0 N–H and O–H groups in total. The number of nitriles is 1. The van der Waals surface area contributed by atoms with Gasteiger partial charge in [-0.25, -0.2) is 4.79 Å². The van der Waals surface area contributed by atoms with Crippen LogP contribution in [0.15, 0.2) is 9.59 Å². The summed E-state index contributed by atoms with van der Waals surface area (Å²) in [5.74, 6) is 0.369. The van der Waals surface area contributed by atoms with Gasteiger partial charge in [-0.15, -0.1) is 0 Å². The van der Waals surface area contributed by atoms with E-state index in [1.165, 1.54) is 11.6 Å². The summed E-state index contributed by atoms with van der Waals surface area (Å²) in [6.07, 6.45) is 0.931. The Morgan fingerprint density at radius 1 is 1.35 bits per heavy atom. The highest BCUT2D eigenvalue weighted by Gasteiger charge is 2.51. The topological polar surface area (TPSA) is 80.3 Å². The second-order valence-corrected chi connectivity index (χ2v) is 6.64. The SMILES string of the molecule is CCO[C@H]1C[C@@H](N(C)c2c(C#N)c(=O)n(C)c(=O)n2C)C1(C)C. The van der Waals surface area contributed by atoms with Crippen molar-refractivity contribution in [3.8, 4) is 6.07 Å². The first-order chi connectivity index (χ1) is 10.7. The summed E-state index contributed by atoms with van der Waals surface area (Å²) in [6, 6.07) is 2.04. The van der Waals surface area contributed by atoms with Crippen molar-refractivity contribution in [1.82, 2.24) is 9.13 Å². The largest absolute Gasteiger partial charge is 0.378 e. The van der Waals surface area contributed by atoms with Gasteiger partial charge in [0, 0.05) is 39.2 Å². The average molecular weight is 320 g/mol. The monoisotopic (exact) mass is 320 g/mol. The quantitative estimate of drug-likeness (QED) is 0.811. The summed E-state index contributed by atoms with van der Waals surface area (Å²) < 4.78 is 8.06. The van der Waals surface area contributed by atoms with Crippen LogP contribution >= 0.6 is 0 Å². The number of nitrogens with zero attached hydrogens (tertiary/aromatic N) is 4. The van der Waals surface area contributed by atoms with Gasteiger partial charge in [0.15, 0.2) is 5.56 Å². The molecule has 0 aliphatic heterocycles. The van der Waals surface area contributed by atoms with Crippen molar-refractivity contribution >= 4 is 5.82 Å². The van der Waals surface area contributed by atoms with Crippen LogP contribution in [0, 0.1) is 16.7 Å². The average Bonchev–Trinajstić information content (AvgIpc) is 2.51. The van der Waals surface area contributed by atoms with E-state index in [-0.39, 0.29) is 23.1 Å². The minimum Gasteiger partial charge on any atom is -0.378 e. The lowest BCUT2D eigenvalue weighted by molar-refractivity contribution is -0.104. The molecule has 126 valence electrons. The van der Waals surface area contributed by atoms with Gasteiger partial charge in [-0.05, 0) is 13.3 Å². The molecule has 23 heavy (non-hydrogen) atoms. The summed E-state index contributed by atoms with van der Waals surface area (Å²) in [6.45, 7) is 6.82.